The van der Waals surface area contributed by atoms with Crippen molar-refractivity contribution in [2.75, 3.05) is 11.1 Å². The van der Waals surface area contributed by atoms with E-state index in [4.69, 9.17) is 10.2 Å². The normalized spacial score (nSPS) is 10.3. The summed E-state index contributed by atoms with van der Waals surface area (Å²) < 4.78 is 5.98. The Kier molecular flexibility index (Phi) is 2.59. The molecule has 0 radical (unpaired) electrons. The second-order valence-electron chi connectivity index (χ2n) is 3.09. The summed E-state index contributed by atoms with van der Waals surface area (Å²) in [6.45, 7) is 2.00. The molecule has 78 valence electrons. The van der Waals surface area contributed by atoms with Gasteiger partial charge in [-0.2, -0.15) is 0 Å². The molecule has 0 aliphatic heterocycles. The summed E-state index contributed by atoms with van der Waals surface area (Å²) in [7, 11) is 0. The second-order valence-corrected chi connectivity index (χ2v) is 4.00. The first-order valence-electron chi connectivity index (χ1n) is 4.27. The number of hydrogen-bond acceptors (Lipinski definition) is 5. The molecule has 15 heavy (non-hydrogen) atoms. The van der Waals surface area contributed by atoms with E-state index in [1.54, 1.807) is 0 Å². The maximum absolute atomic E-state index is 5.30. The number of aromatic nitrogens is 2. The SMILES string of the molecule is Cc1cc(Br)cc(Nc2nnc(N)o2)c1. The molecular weight excluding hydrogens is 260 g/mol. The predicted octanol–water partition coefficient (Wildman–Crippen LogP) is 2.47. The van der Waals surface area contributed by atoms with Crippen molar-refractivity contribution in [3.05, 3.63) is 28.2 Å². The second kappa shape index (κ2) is 3.90. The number of nitrogens with zero attached hydrogens (tertiary/aromatic N) is 2. The smallest absolute Gasteiger partial charge is 0.321 e. The Hall–Kier alpha value is -1.56. The Morgan fingerprint density at radius 3 is 2.73 bits per heavy atom. The highest BCUT2D eigenvalue weighted by Gasteiger charge is 2.03. The molecule has 0 atom stereocenters. The lowest BCUT2D eigenvalue weighted by atomic mass is 10.2. The van der Waals surface area contributed by atoms with Gasteiger partial charge in [0.05, 0.1) is 0 Å². The van der Waals surface area contributed by atoms with E-state index in [0.29, 0.717) is 0 Å². The molecule has 0 amide bonds. The topological polar surface area (TPSA) is 77.0 Å². The van der Waals surface area contributed by atoms with Crippen molar-refractivity contribution in [1.82, 2.24) is 10.2 Å². The van der Waals surface area contributed by atoms with Crippen LogP contribution in [-0.2, 0) is 0 Å². The predicted molar refractivity (Wildman–Crippen MR) is 60.9 cm³/mol. The number of aryl methyl sites for hydroxylation is 1. The molecule has 0 spiro atoms. The Labute approximate surface area is 94.8 Å². The number of halogens is 1. The summed E-state index contributed by atoms with van der Waals surface area (Å²) in [5, 5.41) is 10.2. The Balaban J connectivity index is 2.24. The van der Waals surface area contributed by atoms with Crippen LogP contribution in [-0.4, -0.2) is 10.2 Å². The number of hydrogen-bond donors (Lipinski definition) is 2. The average Bonchev–Trinajstić information content (AvgIpc) is 2.49. The minimum Gasteiger partial charge on any atom is -0.389 e. The molecule has 3 N–H and O–H groups in total. The van der Waals surface area contributed by atoms with Crippen molar-refractivity contribution in [3.63, 3.8) is 0 Å². The van der Waals surface area contributed by atoms with Gasteiger partial charge in [-0.1, -0.05) is 26.1 Å². The Morgan fingerprint density at radius 1 is 1.33 bits per heavy atom. The molecule has 2 aromatic rings. The molecule has 1 aromatic heterocycles. The maximum atomic E-state index is 5.30. The largest absolute Gasteiger partial charge is 0.389 e. The first kappa shape index (κ1) is 9.97. The minimum absolute atomic E-state index is 0.0456. The molecule has 0 fully saturated rings. The fourth-order valence-electron chi connectivity index (χ4n) is 1.22. The van der Waals surface area contributed by atoms with Crippen LogP contribution >= 0.6 is 15.9 Å². The summed E-state index contributed by atoms with van der Waals surface area (Å²) in [5.74, 6) is 0. The van der Waals surface area contributed by atoms with Gasteiger partial charge >= 0.3 is 12.0 Å². The van der Waals surface area contributed by atoms with Crippen LogP contribution in [0.25, 0.3) is 0 Å². The van der Waals surface area contributed by atoms with Crippen molar-refractivity contribution in [2.45, 2.75) is 6.92 Å². The van der Waals surface area contributed by atoms with Gasteiger partial charge in [0.15, 0.2) is 0 Å². The van der Waals surface area contributed by atoms with Crippen LogP contribution in [0.5, 0.6) is 0 Å². The molecule has 1 heterocycles. The van der Waals surface area contributed by atoms with Gasteiger partial charge in [-0.25, -0.2) is 0 Å². The van der Waals surface area contributed by atoms with Crippen molar-refractivity contribution in [1.29, 1.82) is 0 Å². The van der Waals surface area contributed by atoms with E-state index in [1.165, 1.54) is 0 Å². The van der Waals surface area contributed by atoms with Crippen LogP contribution in [0.4, 0.5) is 17.7 Å². The lowest BCUT2D eigenvalue weighted by Crippen LogP contribution is -1.91. The van der Waals surface area contributed by atoms with Gasteiger partial charge in [0.25, 0.3) is 0 Å². The molecule has 0 unspecified atom stereocenters. The maximum Gasteiger partial charge on any atom is 0.321 e. The van der Waals surface area contributed by atoms with Gasteiger partial charge in [0.2, 0.25) is 0 Å². The average molecular weight is 269 g/mol. The summed E-state index contributed by atoms with van der Waals surface area (Å²) in [6, 6.07) is 6.21. The molecule has 6 heteroatoms. The van der Waals surface area contributed by atoms with Gasteiger partial charge in [-0.3, -0.25) is 0 Å². The highest BCUT2D eigenvalue weighted by molar-refractivity contribution is 9.10. The van der Waals surface area contributed by atoms with Crippen LogP contribution in [0.2, 0.25) is 0 Å². The number of nitrogens with two attached hydrogens (primary N) is 1. The molecule has 1 aromatic carbocycles. The number of rotatable bonds is 2. The molecule has 0 aliphatic carbocycles. The highest BCUT2D eigenvalue weighted by Crippen LogP contribution is 2.22. The molecule has 0 saturated heterocycles. The third-order valence-electron chi connectivity index (χ3n) is 1.73. The van der Waals surface area contributed by atoms with Crippen LogP contribution in [0.15, 0.2) is 27.1 Å². The standard InChI is InChI=1S/C9H9BrN4O/c1-5-2-6(10)4-7(3-5)12-9-14-13-8(11)15-9/h2-4H,1H3,(H2,11,13)(H,12,14). The summed E-state index contributed by atoms with van der Waals surface area (Å²) in [4.78, 5) is 0. The van der Waals surface area contributed by atoms with Gasteiger partial charge in [-0.05, 0) is 30.7 Å². The van der Waals surface area contributed by atoms with E-state index in [1.807, 2.05) is 25.1 Å². The zero-order valence-corrected chi connectivity index (χ0v) is 9.58. The van der Waals surface area contributed by atoms with Gasteiger partial charge in [0, 0.05) is 10.2 Å². The molecule has 0 aliphatic rings. The molecular formula is C9H9BrN4O. The number of nitrogens with one attached hydrogen (secondary N) is 1. The van der Waals surface area contributed by atoms with Crippen LogP contribution in [0.1, 0.15) is 5.56 Å². The van der Waals surface area contributed by atoms with E-state index in [9.17, 15) is 0 Å². The van der Waals surface area contributed by atoms with Crippen molar-refractivity contribution >= 4 is 33.6 Å². The van der Waals surface area contributed by atoms with Crippen LogP contribution in [0.3, 0.4) is 0 Å². The van der Waals surface area contributed by atoms with Crippen LogP contribution < -0.4 is 11.1 Å². The van der Waals surface area contributed by atoms with Crippen LogP contribution in [0, 0.1) is 6.92 Å². The van der Waals surface area contributed by atoms with Gasteiger partial charge in [-0.15, -0.1) is 0 Å². The van der Waals surface area contributed by atoms with E-state index >= 15 is 0 Å². The van der Waals surface area contributed by atoms with Crippen molar-refractivity contribution in [2.24, 2.45) is 0 Å². The zero-order valence-electron chi connectivity index (χ0n) is 7.99. The zero-order chi connectivity index (χ0) is 10.8. The number of anilines is 3. The highest BCUT2D eigenvalue weighted by atomic mass is 79.9. The van der Waals surface area contributed by atoms with E-state index in [-0.39, 0.29) is 12.0 Å². The third-order valence-corrected chi connectivity index (χ3v) is 2.19. The fraction of sp³-hybridized carbons (Fsp3) is 0.111. The summed E-state index contributed by atoms with van der Waals surface area (Å²) in [6.07, 6.45) is 0. The fourth-order valence-corrected chi connectivity index (χ4v) is 1.82. The van der Waals surface area contributed by atoms with E-state index < -0.39 is 0 Å². The van der Waals surface area contributed by atoms with Gasteiger partial charge < -0.3 is 15.5 Å². The third kappa shape index (κ3) is 2.47. The molecule has 2 rings (SSSR count). The molecule has 0 bridgehead atoms. The molecule has 5 nitrogen and oxygen atoms in total. The van der Waals surface area contributed by atoms with Gasteiger partial charge in [0.1, 0.15) is 0 Å². The van der Waals surface area contributed by atoms with Crippen molar-refractivity contribution < 1.29 is 4.42 Å². The van der Waals surface area contributed by atoms with Crippen molar-refractivity contribution in [3.8, 4) is 0 Å². The lowest BCUT2D eigenvalue weighted by Gasteiger charge is -2.03. The van der Waals surface area contributed by atoms with E-state index in [2.05, 4.69) is 31.4 Å². The Morgan fingerprint density at radius 2 is 2.13 bits per heavy atom. The lowest BCUT2D eigenvalue weighted by molar-refractivity contribution is 0.593. The monoisotopic (exact) mass is 268 g/mol. The first-order valence-corrected chi connectivity index (χ1v) is 5.06. The molecule has 0 saturated carbocycles. The Bertz CT molecular complexity index is 462. The number of nitrogen functional groups attached to an aromatic ring is 1. The van der Waals surface area contributed by atoms with E-state index in [0.717, 1.165) is 15.7 Å². The first-order chi connectivity index (χ1) is 7.13. The summed E-state index contributed by atoms with van der Waals surface area (Å²) in [5.41, 5.74) is 7.29. The number of benzene rings is 1. The summed E-state index contributed by atoms with van der Waals surface area (Å²) >= 11 is 3.40. The quantitative estimate of drug-likeness (QED) is 0.875. The minimum atomic E-state index is 0.0456.